The van der Waals surface area contributed by atoms with Gasteiger partial charge in [0.15, 0.2) is 11.6 Å². The first kappa shape index (κ1) is 18.0. The number of nitrogens with zero attached hydrogens (tertiary/aromatic N) is 2. The molecule has 24 heavy (non-hydrogen) atoms. The maximum Gasteiger partial charge on any atom is 0.269 e. The van der Waals surface area contributed by atoms with Crippen molar-refractivity contribution in [3.63, 3.8) is 0 Å². The van der Waals surface area contributed by atoms with Gasteiger partial charge in [-0.25, -0.2) is 4.39 Å². The number of hydrogen-bond donors (Lipinski definition) is 1. The predicted octanol–water partition coefficient (Wildman–Crippen LogP) is 3.37. The van der Waals surface area contributed by atoms with Crippen molar-refractivity contribution in [1.82, 2.24) is 15.1 Å². The first-order chi connectivity index (χ1) is 11.5. The summed E-state index contributed by atoms with van der Waals surface area (Å²) in [5, 5.41) is 6.85. The molecule has 0 spiro atoms. The van der Waals surface area contributed by atoms with Gasteiger partial charge in [0.25, 0.3) is 5.91 Å². The maximum absolute atomic E-state index is 14.4. The molecule has 0 atom stereocenters. The van der Waals surface area contributed by atoms with Gasteiger partial charge < -0.3 is 10.1 Å². The molecular weight excluding hydrogens is 309 g/mol. The standard InChI is InChI=1S/C18H24FN3O2/c1-4-5-6-10-24-16-9-7-8-14(17(16)19)12-20-18(23)15-11-13(2)21-22(15)3/h7-9,11H,4-6,10,12H2,1-3H3,(H,20,23). The monoisotopic (exact) mass is 333 g/mol. The molecule has 1 heterocycles. The largest absolute Gasteiger partial charge is 0.491 e. The van der Waals surface area contributed by atoms with E-state index in [2.05, 4.69) is 17.3 Å². The minimum Gasteiger partial charge on any atom is -0.491 e. The molecule has 5 nitrogen and oxygen atoms in total. The molecule has 6 heteroatoms. The van der Waals surface area contributed by atoms with Crippen LogP contribution in [0.1, 0.15) is 47.9 Å². The van der Waals surface area contributed by atoms with E-state index >= 15 is 0 Å². The Morgan fingerprint density at radius 2 is 2.17 bits per heavy atom. The number of benzene rings is 1. The molecule has 1 aromatic carbocycles. The van der Waals surface area contributed by atoms with Gasteiger partial charge in [-0.2, -0.15) is 5.10 Å². The number of aryl methyl sites for hydroxylation is 2. The SMILES string of the molecule is CCCCCOc1cccc(CNC(=O)c2cc(C)nn2C)c1F. The van der Waals surface area contributed by atoms with Crippen LogP contribution in [0, 0.1) is 12.7 Å². The zero-order valence-electron chi connectivity index (χ0n) is 14.4. The zero-order valence-corrected chi connectivity index (χ0v) is 14.4. The van der Waals surface area contributed by atoms with Crippen LogP contribution in [0.3, 0.4) is 0 Å². The average molecular weight is 333 g/mol. The van der Waals surface area contributed by atoms with Crippen LogP contribution < -0.4 is 10.1 Å². The van der Waals surface area contributed by atoms with Crippen molar-refractivity contribution in [2.75, 3.05) is 6.61 Å². The van der Waals surface area contributed by atoms with E-state index in [0.29, 0.717) is 17.9 Å². The minimum absolute atomic E-state index is 0.0983. The van der Waals surface area contributed by atoms with Gasteiger partial charge in [-0.05, 0) is 25.5 Å². The van der Waals surface area contributed by atoms with E-state index in [-0.39, 0.29) is 18.2 Å². The van der Waals surface area contributed by atoms with E-state index in [0.717, 1.165) is 25.0 Å². The Bertz CT molecular complexity index is 698. The molecule has 0 saturated carbocycles. The van der Waals surface area contributed by atoms with E-state index in [1.165, 1.54) is 4.68 Å². The third-order valence-corrected chi connectivity index (χ3v) is 3.72. The molecule has 1 amide bonds. The van der Waals surface area contributed by atoms with Crippen molar-refractivity contribution in [1.29, 1.82) is 0 Å². The summed E-state index contributed by atoms with van der Waals surface area (Å²) in [5.74, 6) is -0.475. The van der Waals surface area contributed by atoms with Crippen LogP contribution in [0.4, 0.5) is 4.39 Å². The van der Waals surface area contributed by atoms with E-state index in [4.69, 9.17) is 4.74 Å². The number of hydrogen-bond acceptors (Lipinski definition) is 3. The highest BCUT2D eigenvalue weighted by atomic mass is 19.1. The summed E-state index contributed by atoms with van der Waals surface area (Å²) >= 11 is 0. The summed E-state index contributed by atoms with van der Waals surface area (Å²) in [6.45, 7) is 4.51. The molecule has 1 N–H and O–H groups in total. The lowest BCUT2D eigenvalue weighted by atomic mass is 10.2. The van der Waals surface area contributed by atoms with Crippen LogP contribution in [0.15, 0.2) is 24.3 Å². The number of ether oxygens (including phenoxy) is 1. The number of carbonyl (C=O) groups is 1. The smallest absolute Gasteiger partial charge is 0.269 e. The molecular formula is C18H24FN3O2. The number of aromatic nitrogens is 2. The fourth-order valence-corrected chi connectivity index (χ4v) is 2.43. The molecule has 130 valence electrons. The lowest BCUT2D eigenvalue weighted by Gasteiger charge is -2.11. The van der Waals surface area contributed by atoms with Crippen molar-refractivity contribution in [3.05, 3.63) is 47.0 Å². The van der Waals surface area contributed by atoms with E-state index in [1.807, 2.05) is 6.92 Å². The van der Waals surface area contributed by atoms with E-state index in [1.54, 1.807) is 31.3 Å². The Hall–Kier alpha value is -2.37. The van der Waals surface area contributed by atoms with Gasteiger partial charge in [0.05, 0.1) is 12.3 Å². The number of halogens is 1. The average Bonchev–Trinajstić information content (AvgIpc) is 2.90. The molecule has 1 aromatic heterocycles. The third-order valence-electron chi connectivity index (χ3n) is 3.72. The molecule has 2 aromatic rings. The Balaban J connectivity index is 1.97. The highest BCUT2D eigenvalue weighted by Crippen LogP contribution is 2.21. The van der Waals surface area contributed by atoms with E-state index < -0.39 is 5.82 Å². The first-order valence-electron chi connectivity index (χ1n) is 8.22. The molecule has 0 aliphatic rings. The predicted molar refractivity (Wildman–Crippen MR) is 90.5 cm³/mol. The first-order valence-corrected chi connectivity index (χ1v) is 8.22. The molecule has 2 rings (SSSR count). The van der Waals surface area contributed by atoms with Crippen LogP contribution in [0.25, 0.3) is 0 Å². The fraction of sp³-hybridized carbons (Fsp3) is 0.444. The van der Waals surface area contributed by atoms with Crippen molar-refractivity contribution in [3.8, 4) is 5.75 Å². The Kier molecular flexibility index (Phi) is 6.35. The normalized spacial score (nSPS) is 10.7. The molecule has 0 aliphatic carbocycles. The molecule has 0 saturated heterocycles. The van der Waals surface area contributed by atoms with Crippen molar-refractivity contribution >= 4 is 5.91 Å². The number of amides is 1. The van der Waals surface area contributed by atoms with Crippen LogP contribution in [0.5, 0.6) is 5.75 Å². The van der Waals surface area contributed by atoms with Gasteiger partial charge in [-0.3, -0.25) is 9.48 Å². The Labute approximate surface area is 141 Å². The lowest BCUT2D eigenvalue weighted by molar-refractivity contribution is 0.0941. The fourth-order valence-electron chi connectivity index (χ4n) is 2.43. The summed E-state index contributed by atoms with van der Waals surface area (Å²) in [4.78, 5) is 12.2. The van der Waals surface area contributed by atoms with Crippen molar-refractivity contribution in [2.24, 2.45) is 7.05 Å². The number of nitrogens with one attached hydrogen (secondary N) is 1. The summed E-state index contributed by atoms with van der Waals surface area (Å²) in [5.41, 5.74) is 1.60. The Morgan fingerprint density at radius 3 is 2.83 bits per heavy atom. The molecule has 0 fully saturated rings. The van der Waals surface area contributed by atoms with Gasteiger partial charge in [-0.1, -0.05) is 31.9 Å². The third kappa shape index (κ3) is 4.57. The lowest BCUT2D eigenvalue weighted by Crippen LogP contribution is -2.25. The molecule has 0 unspecified atom stereocenters. The second kappa shape index (κ2) is 8.47. The van der Waals surface area contributed by atoms with Gasteiger partial charge in [-0.15, -0.1) is 0 Å². The van der Waals surface area contributed by atoms with Gasteiger partial charge in [0.1, 0.15) is 5.69 Å². The number of unbranched alkanes of at least 4 members (excludes halogenated alkanes) is 2. The summed E-state index contributed by atoms with van der Waals surface area (Å²) in [6.07, 6.45) is 3.05. The van der Waals surface area contributed by atoms with Crippen molar-refractivity contribution in [2.45, 2.75) is 39.7 Å². The molecule has 0 radical (unpaired) electrons. The van der Waals surface area contributed by atoms with Crippen LogP contribution in [-0.4, -0.2) is 22.3 Å². The topological polar surface area (TPSA) is 56.1 Å². The number of rotatable bonds is 8. The minimum atomic E-state index is -0.421. The quantitative estimate of drug-likeness (QED) is 0.754. The van der Waals surface area contributed by atoms with Crippen LogP contribution in [-0.2, 0) is 13.6 Å². The Morgan fingerprint density at radius 1 is 1.38 bits per heavy atom. The van der Waals surface area contributed by atoms with Gasteiger partial charge >= 0.3 is 0 Å². The zero-order chi connectivity index (χ0) is 17.5. The van der Waals surface area contributed by atoms with Crippen LogP contribution >= 0.6 is 0 Å². The molecule has 0 bridgehead atoms. The van der Waals surface area contributed by atoms with E-state index in [9.17, 15) is 9.18 Å². The highest BCUT2D eigenvalue weighted by Gasteiger charge is 2.14. The van der Waals surface area contributed by atoms with Crippen molar-refractivity contribution < 1.29 is 13.9 Å². The van der Waals surface area contributed by atoms with Gasteiger partial charge in [0.2, 0.25) is 0 Å². The van der Waals surface area contributed by atoms with Gasteiger partial charge in [0, 0.05) is 19.2 Å². The van der Waals surface area contributed by atoms with Crippen LogP contribution in [0.2, 0.25) is 0 Å². The second-order valence-electron chi connectivity index (χ2n) is 5.76. The summed E-state index contributed by atoms with van der Waals surface area (Å²) < 4.78 is 21.4. The second-order valence-corrected chi connectivity index (χ2v) is 5.76. The molecule has 0 aliphatic heterocycles. The summed E-state index contributed by atoms with van der Waals surface area (Å²) in [7, 11) is 1.70. The highest BCUT2D eigenvalue weighted by molar-refractivity contribution is 5.92. The summed E-state index contributed by atoms with van der Waals surface area (Å²) in [6, 6.07) is 6.67. The number of carbonyl (C=O) groups excluding carboxylic acids is 1. The maximum atomic E-state index is 14.4.